The fourth-order valence-corrected chi connectivity index (χ4v) is 9.47. The second-order valence-electron chi connectivity index (χ2n) is 10.8. The number of aryl methyl sites for hydroxylation is 1. The number of ether oxygens (including phenoxy) is 1. The van der Waals surface area contributed by atoms with E-state index in [-0.39, 0.29) is 23.2 Å². The summed E-state index contributed by atoms with van der Waals surface area (Å²) in [4.78, 5) is 29.7. The normalized spacial score (nSPS) is 29.4. The fourth-order valence-electron chi connectivity index (χ4n) is 7.28. The Morgan fingerprint density at radius 2 is 2.14 bits per heavy atom. The third-order valence-electron chi connectivity index (χ3n) is 8.73. The van der Waals surface area contributed by atoms with Gasteiger partial charge in [-0.05, 0) is 118 Å². The average Bonchev–Trinajstić information content (AvgIpc) is 3.39. The molecule has 3 aliphatic rings. The number of anilines is 1. The Morgan fingerprint density at radius 3 is 2.81 bits per heavy atom. The molecule has 1 aromatic heterocycles. The molecule has 7 nitrogen and oxygen atoms in total. The Bertz CT molecular complexity index is 1280. The van der Waals surface area contributed by atoms with Crippen LogP contribution in [0.1, 0.15) is 74.3 Å². The van der Waals surface area contributed by atoms with Crippen LogP contribution in [0.3, 0.4) is 0 Å². The minimum absolute atomic E-state index is 0.0161. The highest BCUT2D eigenvalue weighted by Gasteiger charge is 2.57. The molecular formula is C27H31Br2N3O4S. The smallest absolute Gasteiger partial charge is 0.308 e. The van der Waals surface area contributed by atoms with Gasteiger partial charge < -0.3 is 15.3 Å². The maximum atomic E-state index is 12.7. The molecule has 1 amide bonds. The minimum atomic E-state index is -0.345. The van der Waals surface area contributed by atoms with E-state index in [0.29, 0.717) is 35.1 Å². The van der Waals surface area contributed by atoms with Crippen LogP contribution >= 0.6 is 43.2 Å². The van der Waals surface area contributed by atoms with Gasteiger partial charge in [0.2, 0.25) is 5.91 Å². The van der Waals surface area contributed by atoms with Crippen LogP contribution in [0, 0.1) is 30.1 Å². The number of hydrogen-bond donors (Lipinski definition) is 2. The summed E-state index contributed by atoms with van der Waals surface area (Å²) in [5, 5.41) is 17.3. The number of thiazole rings is 1. The van der Waals surface area contributed by atoms with Crippen molar-refractivity contribution in [1.29, 1.82) is 0 Å². The van der Waals surface area contributed by atoms with E-state index >= 15 is 0 Å². The monoisotopic (exact) mass is 651 g/mol. The minimum Gasteiger partial charge on any atom is -0.424 e. The Hall–Kier alpha value is -1.78. The lowest BCUT2D eigenvalue weighted by molar-refractivity contribution is -0.132. The second-order valence-corrected chi connectivity index (χ2v) is 13.7. The van der Waals surface area contributed by atoms with Gasteiger partial charge >= 0.3 is 5.97 Å². The molecular weight excluding hydrogens is 622 g/mol. The summed E-state index contributed by atoms with van der Waals surface area (Å²) in [7, 11) is 0. The van der Waals surface area contributed by atoms with Crippen LogP contribution in [0.4, 0.5) is 5.13 Å². The predicted molar refractivity (Wildman–Crippen MR) is 151 cm³/mol. The first kappa shape index (κ1) is 26.8. The number of esters is 1. The first-order valence-corrected chi connectivity index (χ1v) is 15.2. The fraction of sp³-hybridized carbons (Fsp3) is 0.556. The number of amides is 1. The number of aromatic nitrogens is 1. The molecule has 1 heterocycles. The third-order valence-corrected chi connectivity index (χ3v) is 11.0. The molecule has 5 rings (SSSR count). The Kier molecular flexibility index (Phi) is 7.55. The van der Waals surface area contributed by atoms with Crippen molar-refractivity contribution in [3.05, 3.63) is 37.2 Å². The zero-order chi connectivity index (χ0) is 26.5. The van der Waals surface area contributed by atoms with Crippen molar-refractivity contribution in [2.75, 3.05) is 5.32 Å². The van der Waals surface area contributed by atoms with Crippen molar-refractivity contribution in [2.24, 2.45) is 28.3 Å². The van der Waals surface area contributed by atoms with Gasteiger partial charge in [0.15, 0.2) is 10.9 Å². The molecule has 5 atom stereocenters. The number of carbonyl (C=O) groups excluding carboxylic acids is 2. The van der Waals surface area contributed by atoms with Crippen molar-refractivity contribution in [3.63, 3.8) is 0 Å². The van der Waals surface area contributed by atoms with E-state index < -0.39 is 0 Å². The summed E-state index contributed by atoms with van der Waals surface area (Å²) >= 11 is 8.84. The van der Waals surface area contributed by atoms with Gasteiger partial charge in [-0.2, -0.15) is 0 Å². The third kappa shape index (κ3) is 4.89. The highest BCUT2D eigenvalue weighted by molar-refractivity contribution is 9.11. The van der Waals surface area contributed by atoms with Crippen molar-refractivity contribution < 1.29 is 19.5 Å². The van der Waals surface area contributed by atoms with Gasteiger partial charge in [-0.3, -0.25) is 9.59 Å². The lowest BCUT2D eigenvalue weighted by Crippen LogP contribution is -2.44. The summed E-state index contributed by atoms with van der Waals surface area (Å²) in [5.74, 6) is 1.60. The van der Waals surface area contributed by atoms with E-state index in [1.165, 1.54) is 29.4 Å². The van der Waals surface area contributed by atoms with Gasteiger partial charge in [-0.25, -0.2) is 4.98 Å². The van der Waals surface area contributed by atoms with Crippen LogP contribution < -0.4 is 10.1 Å². The van der Waals surface area contributed by atoms with E-state index in [1.54, 1.807) is 6.20 Å². The number of oxime groups is 1. The first-order chi connectivity index (χ1) is 17.6. The predicted octanol–water partition coefficient (Wildman–Crippen LogP) is 7.23. The summed E-state index contributed by atoms with van der Waals surface area (Å²) in [6.45, 7) is 5.64. The summed E-state index contributed by atoms with van der Waals surface area (Å²) < 4.78 is 7.12. The van der Waals surface area contributed by atoms with Gasteiger partial charge in [-0.1, -0.05) is 12.1 Å². The topological polar surface area (TPSA) is 101 Å². The van der Waals surface area contributed by atoms with E-state index in [1.807, 2.05) is 6.92 Å². The van der Waals surface area contributed by atoms with Crippen molar-refractivity contribution in [1.82, 2.24) is 4.98 Å². The quantitative estimate of drug-likeness (QED) is 0.154. The Labute approximate surface area is 237 Å². The molecule has 5 unspecified atom stereocenters. The lowest BCUT2D eigenvalue weighted by Gasteiger charge is -2.50. The zero-order valence-corrected chi connectivity index (χ0v) is 25.1. The molecule has 198 valence electrons. The molecule has 2 fully saturated rings. The van der Waals surface area contributed by atoms with Crippen molar-refractivity contribution >= 4 is 65.9 Å². The van der Waals surface area contributed by atoms with E-state index in [9.17, 15) is 14.8 Å². The van der Waals surface area contributed by atoms with Gasteiger partial charge in [-0.15, -0.1) is 11.3 Å². The number of fused-ring (bicyclic) bond motifs is 5. The molecule has 3 aliphatic carbocycles. The summed E-state index contributed by atoms with van der Waals surface area (Å²) in [6, 6.07) is 2.13. The largest absolute Gasteiger partial charge is 0.424 e. The molecule has 1 aromatic carbocycles. The average molecular weight is 653 g/mol. The van der Waals surface area contributed by atoms with Crippen molar-refractivity contribution in [2.45, 2.75) is 71.6 Å². The van der Waals surface area contributed by atoms with Crippen LogP contribution in [0.5, 0.6) is 5.75 Å². The first-order valence-electron chi connectivity index (χ1n) is 12.7. The Morgan fingerprint density at radius 1 is 1.35 bits per heavy atom. The number of nitrogens with zero attached hydrogens (tertiary/aromatic N) is 2. The molecule has 2 aromatic rings. The maximum Gasteiger partial charge on any atom is 0.308 e. The van der Waals surface area contributed by atoms with Crippen LogP contribution in [-0.4, -0.2) is 27.8 Å². The van der Waals surface area contributed by atoms with E-state index in [4.69, 9.17) is 4.74 Å². The molecule has 0 saturated heterocycles. The summed E-state index contributed by atoms with van der Waals surface area (Å²) in [5.41, 5.74) is 3.24. The number of benzene rings is 1. The van der Waals surface area contributed by atoms with E-state index in [0.717, 1.165) is 58.1 Å². The zero-order valence-electron chi connectivity index (χ0n) is 21.1. The van der Waals surface area contributed by atoms with Crippen LogP contribution in [0.2, 0.25) is 0 Å². The number of hydrogen-bond acceptors (Lipinski definition) is 7. The highest BCUT2D eigenvalue weighted by Crippen LogP contribution is 2.63. The molecule has 2 N–H and O–H groups in total. The van der Waals surface area contributed by atoms with Gasteiger partial charge in [0, 0.05) is 29.8 Å². The SMILES string of the molecule is CC(=O)Oc1c(Br)cc2c(c1Br)CCC1C2CCC2(C)C(=NO)CC(CCC(=O)Nc3ncc(C)s3)C12. The van der Waals surface area contributed by atoms with Crippen LogP contribution in [0.25, 0.3) is 0 Å². The van der Waals surface area contributed by atoms with Gasteiger partial charge in [0.25, 0.3) is 0 Å². The Balaban J connectivity index is 1.40. The van der Waals surface area contributed by atoms with Gasteiger partial charge in [0.1, 0.15) is 0 Å². The highest BCUT2D eigenvalue weighted by atomic mass is 79.9. The summed E-state index contributed by atoms with van der Waals surface area (Å²) in [6.07, 6.45) is 7.52. The lowest BCUT2D eigenvalue weighted by atomic mass is 9.54. The molecule has 37 heavy (non-hydrogen) atoms. The van der Waals surface area contributed by atoms with Crippen LogP contribution in [0.15, 0.2) is 26.4 Å². The van der Waals surface area contributed by atoms with E-state index in [2.05, 4.69) is 60.3 Å². The number of nitrogens with one attached hydrogen (secondary N) is 1. The molecule has 0 spiro atoms. The molecule has 10 heteroatoms. The number of carbonyl (C=O) groups is 2. The molecule has 0 aliphatic heterocycles. The molecule has 0 bridgehead atoms. The molecule has 0 radical (unpaired) electrons. The van der Waals surface area contributed by atoms with Crippen molar-refractivity contribution in [3.8, 4) is 5.75 Å². The standard InChI is InChI=1S/C27H31Br2N3O4S/c1-13-12-30-26(37-13)31-22(34)7-4-15-10-21(32-35)27(3)9-8-16-17(23(15)27)5-6-18-19(16)11-20(28)25(24(18)29)36-14(2)33/h11-12,15-17,23,35H,4-10H2,1-3H3,(H,30,31,34). The molecule has 2 saturated carbocycles. The van der Waals surface area contributed by atoms with Crippen LogP contribution in [-0.2, 0) is 16.0 Å². The maximum absolute atomic E-state index is 12.7. The number of rotatable bonds is 5. The second kappa shape index (κ2) is 10.4. The van der Waals surface area contributed by atoms with Gasteiger partial charge in [0.05, 0.1) is 14.7 Å². The number of halogens is 2.